The molecule has 0 amide bonds. The molecule has 2 aliphatic rings. The first kappa shape index (κ1) is 10.4. The molecule has 1 N–H and O–H groups in total. The van der Waals surface area contributed by atoms with Gasteiger partial charge in [-0.05, 0) is 25.2 Å². The summed E-state index contributed by atoms with van der Waals surface area (Å²) in [4.78, 5) is 2.76. The zero-order valence-corrected chi connectivity index (χ0v) is 9.96. The average Bonchev–Trinajstić information content (AvgIpc) is 2.82. The standard InChI is InChI=1S/C12H24N2/c1-8(2)12-6-13-10(4)7-14(12)11-5-9(11)3/h8-13H,5-7H2,1-4H3. The molecule has 0 aromatic carbocycles. The van der Waals surface area contributed by atoms with E-state index in [2.05, 4.69) is 37.9 Å². The van der Waals surface area contributed by atoms with E-state index in [0.29, 0.717) is 6.04 Å². The van der Waals surface area contributed by atoms with Crippen molar-refractivity contribution in [1.82, 2.24) is 10.2 Å². The topological polar surface area (TPSA) is 15.3 Å². The van der Waals surface area contributed by atoms with Gasteiger partial charge < -0.3 is 5.32 Å². The monoisotopic (exact) mass is 196 g/mol. The lowest BCUT2D eigenvalue weighted by Crippen LogP contribution is -2.58. The fraction of sp³-hybridized carbons (Fsp3) is 1.00. The highest BCUT2D eigenvalue weighted by molar-refractivity contribution is 4.99. The smallest absolute Gasteiger partial charge is 0.0247 e. The summed E-state index contributed by atoms with van der Waals surface area (Å²) < 4.78 is 0. The molecule has 14 heavy (non-hydrogen) atoms. The predicted octanol–water partition coefficient (Wildman–Crippen LogP) is 1.71. The predicted molar refractivity (Wildman–Crippen MR) is 60.4 cm³/mol. The minimum Gasteiger partial charge on any atom is -0.311 e. The molecule has 2 fully saturated rings. The van der Waals surface area contributed by atoms with Gasteiger partial charge in [0.05, 0.1) is 0 Å². The molecule has 1 saturated heterocycles. The Hall–Kier alpha value is -0.0800. The first-order valence-corrected chi connectivity index (χ1v) is 6.08. The molecule has 1 aliphatic carbocycles. The molecule has 2 nitrogen and oxygen atoms in total. The Morgan fingerprint density at radius 3 is 2.43 bits per heavy atom. The van der Waals surface area contributed by atoms with Crippen molar-refractivity contribution in [3.8, 4) is 0 Å². The second-order valence-electron chi connectivity index (χ2n) is 5.60. The average molecular weight is 196 g/mol. The number of nitrogens with one attached hydrogen (secondary N) is 1. The van der Waals surface area contributed by atoms with Crippen LogP contribution in [0.4, 0.5) is 0 Å². The summed E-state index contributed by atoms with van der Waals surface area (Å²) in [5, 5.41) is 3.60. The lowest BCUT2D eigenvalue weighted by atomic mass is 9.98. The van der Waals surface area contributed by atoms with Crippen LogP contribution in [0, 0.1) is 11.8 Å². The maximum atomic E-state index is 3.60. The number of piperazine rings is 1. The zero-order chi connectivity index (χ0) is 10.3. The van der Waals surface area contributed by atoms with Crippen LogP contribution in [0.5, 0.6) is 0 Å². The van der Waals surface area contributed by atoms with Crippen LogP contribution in [-0.4, -0.2) is 36.1 Å². The van der Waals surface area contributed by atoms with Crippen molar-refractivity contribution in [1.29, 1.82) is 0 Å². The summed E-state index contributed by atoms with van der Waals surface area (Å²) in [7, 11) is 0. The Morgan fingerprint density at radius 2 is 1.93 bits per heavy atom. The molecule has 82 valence electrons. The Labute approximate surface area is 88.1 Å². The molecular weight excluding hydrogens is 172 g/mol. The van der Waals surface area contributed by atoms with Gasteiger partial charge in [-0.1, -0.05) is 20.8 Å². The summed E-state index contributed by atoms with van der Waals surface area (Å²) in [6.07, 6.45) is 1.43. The maximum absolute atomic E-state index is 3.60. The third-order valence-corrected chi connectivity index (χ3v) is 3.85. The minimum atomic E-state index is 0.679. The van der Waals surface area contributed by atoms with Crippen molar-refractivity contribution in [3.05, 3.63) is 0 Å². The van der Waals surface area contributed by atoms with Gasteiger partial charge in [0.2, 0.25) is 0 Å². The third-order valence-electron chi connectivity index (χ3n) is 3.85. The SMILES string of the molecule is CC1CN(C2CC2C)C(C(C)C)CN1. The molecule has 4 atom stereocenters. The van der Waals surface area contributed by atoms with Crippen molar-refractivity contribution in [2.75, 3.05) is 13.1 Å². The van der Waals surface area contributed by atoms with E-state index in [0.717, 1.165) is 23.9 Å². The normalized spacial score (nSPS) is 44.4. The van der Waals surface area contributed by atoms with Gasteiger partial charge in [-0.25, -0.2) is 0 Å². The van der Waals surface area contributed by atoms with Crippen molar-refractivity contribution >= 4 is 0 Å². The van der Waals surface area contributed by atoms with Gasteiger partial charge in [-0.2, -0.15) is 0 Å². The van der Waals surface area contributed by atoms with Crippen molar-refractivity contribution in [3.63, 3.8) is 0 Å². The fourth-order valence-corrected chi connectivity index (χ4v) is 2.72. The van der Waals surface area contributed by atoms with Crippen LogP contribution in [0.15, 0.2) is 0 Å². The number of hydrogen-bond acceptors (Lipinski definition) is 2. The van der Waals surface area contributed by atoms with Crippen LogP contribution in [0.3, 0.4) is 0 Å². The van der Waals surface area contributed by atoms with Crippen LogP contribution in [0.25, 0.3) is 0 Å². The highest BCUT2D eigenvalue weighted by Gasteiger charge is 2.43. The van der Waals surface area contributed by atoms with Gasteiger partial charge in [0.1, 0.15) is 0 Å². The number of hydrogen-bond donors (Lipinski definition) is 1. The Balaban J connectivity index is 2.00. The molecule has 2 heteroatoms. The largest absolute Gasteiger partial charge is 0.311 e. The van der Waals surface area contributed by atoms with Crippen molar-refractivity contribution < 1.29 is 0 Å². The molecule has 0 aromatic heterocycles. The summed E-state index contributed by atoms with van der Waals surface area (Å²) >= 11 is 0. The summed E-state index contributed by atoms with van der Waals surface area (Å²) in [5.74, 6) is 1.73. The lowest BCUT2D eigenvalue weighted by molar-refractivity contribution is 0.0904. The van der Waals surface area contributed by atoms with Crippen LogP contribution < -0.4 is 5.32 Å². The molecule has 0 radical (unpaired) electrons. The molecule has 1 saturated carbocycles. The molecular formula is C12H24N2. The van der Waals surface area contributed by atoms with E-state index in [1.54, 1.807) is 0 Å². The highest BCUT2D eigenvalue weighted by Crippen LogP contribution is 2.38. The van der Waals surface area contributed by atoms with E-state index < -0.39 is 0 Å². The molecule has 0 spiro atoms. The van der Waals surface area contributed by atoms with Crippen molar-refractivity contribution in [2.45, 2.75) is 52.2 Å². The zero-order valence-electron chi connectivity index (χ0n) is 9.96. The van der Waals surface area contributed by atoms with E-state index >= 15 is 0 Å². The highest BCUT2D eigenvalue weighted by atomic mass is 15.3. The maximum Gasteiger partial charge on any atom is 0.0247 e. The second-order valence-corrected chi connectivity index (χ2v) is 5.60. The third kappa shape index (κ3) is 1.96. The van der Waals surface area contributed by atoms with Gasteiger partial charge in [0, 0.05) is 31.2 Å². The molecule has 1 aliphatic heterocycles. The number of nitrogens with zero attached hydrogens (tertiary/aromatic N) is 1. The minimum absolute atomic E-state index is 0.679. The van der Waals surface area contributed by atoms with Crippen LogP contribution in [-0.2, 0) is 0 Å². The van der Waals surface area contributed by atoms with E-state index in [1.807, 2.05) is 0 Å². The summed E-state index contributed by atoms with van der Waals surface area (Å²) in [5.41, 5.74) is 0. The van der Waals surface area contributed by atoms with E-state index in [-0.39, 0.29) is 0 Å². The van der Waals surface area contributed by atoms with E-state index in [1.165, 1.54) is 19.5 Å². The van der Waals surface area contributed by atoms with Gasteiger partial charge in [0.15, 0.2) is 0 Å². The fourth-order valence-electron chi connectivity index (χ4n) is 2.72. The number of rotatable bonds is 2. The van der Waals surface area contributed by atoms with Crippen LogP contribution in [0.2, 0.25) is 0 Å². The Bertz CT molecular complexity index is 202. The van der Waals surface area contributed by atoms with Crippen molar-refractivity contribution in [2.24, 2.45) is 11.8 Å². The van der Waals surface area contributed by atoms with Gasteiger partial charge in [-0.3, -0.25) is 4.90 Å². The molecule has 1 heterocycles. The van der Waals surface area contributed by atoms with Gasteiger partial charge >= 0.3 is 0 Å². The van der Waals surface area contributed by atoms with Crippen LogP contribution >= 0.6 is 0 Å². The molecule has 2 rings (SSSR count). The molecule has 0 aromatic rings. The lowest BCUT2D eigenvalue weighted by Gasteiger charge is -2.42. The Kier molecular flexibility index (Phi) is 2.85. The van der Waals surface area contributed by atoms with Gasteiger partial charge in [-0.15, -0.1) is 0 Å². The summed E-state index contributed by atoms with van der Waals surface area (Å²) in [6, 6.07) is 2.34. The second kappa shape index (κ2) is 3.82. The van der Waals surface area contributed by atoms with Gasteiger partial charge in [0.25, 0.3) is 0 Å². The van der Waals surface area contributed by atoms with E-state index in [9.17, 15) is 0 Å². The quantitative estimate of drug-likeness (QED) is 0.723. The Morgan fingerprint density at radius 1 is 1.29 bits per heavy atom. The van der Waals surface area contributed by atoms with Crippen LogP contribution in [0.1, 0.15) is 34.1 Å². The first-order valence-electron chi connectivity index (χ1n) is 6.08. The first-order chi connectivity index (χ1) is 6.59. The van der Waals surface area contributed by atoms with E-state index in [4.69, 9.17) is 0 Å². The summed E-state index contributed by atoms with van der Waals surface area (Å²) in [6.45, 7) is 11.8. The molecule has 4 unspecified atom stereocenters. The molecule has 0 bridgehead atoms.